The Kier molecular flexibility index (Phi) is 10.6. The molecule has 1 amide bonds. The Morgan fingerprint density at radius 1 is 1.11 bits per heavy atom. The van der Waals surface area contributed by atoms with Gasteiger partial charge in [-0.15, -0.1) is 24.7 Å². The van der Waals surface area contributed by atoms with Crippen molar-refractivity contribution in [3.05, 3.63) is 0 Å². The van der Waals surface area contributed by atoms with Crippen LogP contribution in [-0.2, 0) is 14.3 Å². The molecule has 0 radical (unpaired) electrons. The van der Waals surface area contributed by atoms with Crippen LogP contribution in [0, 0.1) is 24.7 Å². The second-order valence-electron chi connectivity index (χ2n) is 3.16. The van der Waals surface area contributed by atoms with Gasteiger partial charge in [0.15, 0.2) is 4.84 Å². The maximum absolute atomic E-state index is 11.6. The first kappa shape index (κ1) is 17.1. The molecule has 0 aromatic carbocycles. The van der Waals surface area contributed by atoms with Gasteiger partial charge in [-0.25, -0.2) is 0 Å². The number of nitrogens with zero attached hydrogens (tertiary/aromatic N) is 1. The summed E-state index contributed by atoms with van der Waals surface area (Å²) in [6.07, 6.45) is 11.1. The Hall–Kier alpha value is -0.910. The van der Waals surface area contributed by atoms with Gasteiger partial charge in [0.2, 0.25) is 0 Å². The molecule has 0 bridgehead atoms. The molecule has 18 heavy (non-hydrogen) atoms. The van der Waals surface area contributed by atoms with Crippen molar-refractivity contribution < 1.29 is 14.3 Å². The van der Waals surface area contributed by atoms with Gasteiger partial charge >= 0.3 is 0 Å². The molecule has 0 aliphatic carbocycles. The van der Waals surface area contributed by atoms with Gasteiger partial charge < -0.3 is 9.47 Å². The van der Waals surface area contributed by atoms with Crippen LogP contribution in [0.2, 0.25) is 0 Å². The van der Waals surface area contributed by atoms with Gasteiger partial charge in [-0.3, -0.25) is 9.69 Å². The maximum atomic E-state index is 11.6. The number of alkyl halides is 2. The summed E-state index contributed by atoms with van der Waals surface area (Å²) in [6.45, 7) is 0.735. The van der Waals surface area contributed by atoms with E-state index in [1.54, 1.807) is 0 Å². The van der Waals surface area contributed by atoms with Crippen molar-refractivity contribution >= 4 is 29.1 Å². The van der Waals surface area contributed by atoms with Gasteiger partial charge in [-0.2, -0.15) is 0 Å². The molecule has 0 aromatic heterocycles. The molecule has 4 nitrogen and oxygen atoms in total. The standard InChI is InChI=1S/C12H15Cl2NO3/c1-3-5-7-17-9-15(12(16)11(13)14)10-18-8-6-4-2/h1-2,11H,5-10H2. The molecule has 6 heteroatoms. The van der Waals surface area contributed by atoms with E-state index in [4.69, 9.17) is 45.5 Å². The van der Waals surface area contributed by atoms with Crippen LogP contribution >= 0.6 is 23.2 Å². The highest BCUT2D eigenvalue weighted by molar-refractivity contribution is 6.53. The van der Waals surface area contributed by atoms with E-state index >= 15 is 0 Å². The van der Waals surface area contributed by atoms with E-state index in [0.29, 0.717) is 26.1 Å². The predicted octanol–water partition coefficient (Wildman–Crippen LogP) is 1.61. The normalized spacial score (nSPS) is 9.83. The van der Waals surface area contributed by atoms with E-state index in [1.165, 1.54) is 4.90 Å². The predicted molar refractivity (Wildman–Crippen MR) is 70.9 cm³/mol. The molecule has 0 aliphatic heterocycles. The monoisotopic (exact) mass is 291 g/mol. The summed E-state index contributed by atoms with van der Waals surface area (Å²) in [5.41, 5.74) is 0. The summed E-state index contributed by atoms with van der Waals surface area (Å²) in [6, 6.07) is 0. The van der Waals surface area contributed by atoms with Gasteiger partial charge in [0.25, 0.3) is 5.91 Å². The minimum atomic E-state index is -1.16. The highest BCUT2D eigenvalue weighted by Gasteiger charge is 2.20. The molecule has 0 aromatic rings. The molecule has 0 atom stereocenters. The molecule has 0 unspecified atom stereocenters. The Bertz CT molecular complexity index is 298. The number of hydrogen-bond acceptors (Lipinski definition) is 3. The van der Waals surface area contributed by atoms with E-state index in [9.17, 15) is 4.79 Å². The summed E-state index contributed by atoms with van der Waals surface area (Å²) in [7, 11) is 0. The van der Waals surface area contributed by atoms with E-state index < -0.39 is 10.7 Å². The van der Waals surface area contributed by atoms with Gasteiger partial charge in [0.1, 0.15) is 13.5 Å². The number of carbonyl (C=O) groups is 1. The first-order chi connectivity index (χ1) is 8.63. The van der Waals surface area contributed by atoms with Crippen LogP contribution in [0.5, 0.6) is 0 Å². The molecule has 100 valence electrons. The average Bonchev–Trinajstić information content (AvgIpc) is 2.36. The first-order valence-corrected chi connectivity index (χ1v) is 6.10. The fraction of sp³-hybridized carbons (Fsp3) is 0.583. The Morgan fingerprint density at radius 3 is 1.89 bits per heavy atom. The van der Waals surface area contributed by atoms with E-state index in [1.807, 2.05) is 0 Å². The van der Waals surface area contributed by atoms with E-state index in [0.717, 1.165) is 0 Å². The Balaban J connectivity index is 4.05. The topological polar surface area (TPSA) is 38.8 Å². The second kappa shape index (κ2) is 11.2. The van der Waals surface area contributed by atoms with Crippen LogP contribution in [0.1, 0.15) is 12.8 Å². The summed E-state index contributed by atoms with van der Waals surface area (Å²) in [5.74, 6) is 4.35. The number of ether oxygens (including phenoxy) is 2. The number of amides is 1. The van der Waals surface area contributed by atoms with Crippen LogP contribution in [0.4, 0.5) is 0 Å². The van der Waals surface area contributed by atoms with Crippen molar-refractivity contribution in [3.63, 3.8) is 0 Å². The number of hydrogen-bond donors (Lipinski definition) is 0. The third-order valence-electron chi connectivity index (χ3n) is 1.77. The zero-order valence-electron chi connectivity index (χ0n) is 9.90. The molecule has 0 rings (SSSR count). The van der Waals surface area contributed by atoms with Crippen molar-refractivity contribution in [2.45, 2.75) is 17.7 Å². The highest BCUT2D eigenvalue weighted by Crippen LogP contribution is 2.07. The molecule has 0 fully saturated rings. The van der Waals surface area contributed by atoms with Crippen LogP contribution < -0.4 is 0 Å². The number of rotatable bonds is 9. The zero-order valence-corrected chi connectivity index (χ0v) is 11.4. The lowest BCUT2D eigenvalue weighted by atomic mass is 10.5. The van der Waals surface area contributed by atoms with Gasteiger partial charge in [-0.05, 0) is 0 Å². The summed E-state index contributed by atoms with van der Waals surface area (Å²) < 4.78 is 10.4. The van der Waals surface area contributed by atoms with Gasteiger partial charge in [0.05, 0.1) is 13.2 Å². The molecule has 0 saturated heterocycles. The second-order valence-corrected chi connectivity index (χ2v) is 4.26. The lowest BCUT2D eigenvalue weighted by Crippen LogP contribution is -2.38. The molecular weight excluding hydrogens is 277 g/mol. The van der Waals surface area contributed by atoms with Crippen molar-refractivity contribution in [1.29, 1.82) is 0 Å². The van der Waals surface area contributed by atoms with Crippen LogP contribution in [0.15, 0.2) is 0 Å². The lowest BCUT2D eigenvalue weighted by molar-refractivity contribution is -0.142. The molecule has 0 heterocycles. The fourth-order valence-electron chi connectivity index (χ4n) is 0.914. The summed E-state index contributed by atoms with van der Waals surface area (Å²) in [5, 5.41) is 0. The van der Waals surface area contributed by atoms with E-state index in [-0.39, 0.29) is 13.5 Å². The zero-order chi connectivity index (χ0) is 13.8. The Labute approximate surface area is 118 Å². The van der Waals surface area contributed by atoms with Crippen molar-refractivity contribution in [3.8, 4) is 24.7 Å². The fourth-order valence-corrected chi connectivity index (χ4v) is 1.19. The smallest absolute Gasteiger partial charge is 0.259 e. The summed E-state index contributed by atoms with van der Waals surface area (Å²) >= 11 is 11.0. The van der Waals surface area contributed by atoms with Crippen LogP contribution in [0.3, 0.4) is 0 Å². The number of terminal acetylenes is 2. The molecule has 0 saturated carbocycles. The lowest BCUT2D eigenvalue weighted by Gasteiger charge is -2.22. The van der Waals surface area contributed by atoms with Gasteiger partial charge in [-0.1, -0.05) is 23.2 Å². The summed E-state index contributed by atoms with van der Waals surface area (Å²) in [4.78, 5) is 11.7. The van der Waals surface area contributed by atoms with Crippen molar-refractivity contribution in [1.82, 2.24) is 4.90 Å². The third kappa shape index (κ3) is 8.22. The van der Waals surface area contributed by atoms with Crippen molar-refractivity contribution in [2.75, 3.05) is 26.7 Å². The molecule has 0 N–H and O–H groups in total. The first-order valence-electron chi connectivity index (χ1n) is 5.22. The third-order valence-corrected chi connectivity index (χ3v) is 2.15. The largest absolute Gasteiger partial charge is 0.360 e. The SMILES string of the molecule is C#CCCOCN(COCCC#C)C(=O)C(Cl)Cl. The average molecular weight is 292 g/mol. The molecule has 0 aliphatic rings. The number of carbonyl (C=O) groups excluding carboxylic acids is 1. The van der Waals surface area contributed by atoms with Crippen LogP contribution in [-0.4, -0.2) is 42.3 Å². The molecule has 0 spiro atoms. The molecular formula is C12H15Cl2NO3. The highest BCUT2D eigenvalue weighted by atomic mass is 35.5. The Morgan fingerprint density at radius 2 is 1.56 bits per heavy atom. The van der Waals surface area contributed by atoms with Gasteiger partial charge in [0, 0.05) is 12.8 Å². The number of halogens is 2. The van der Waals surface area contributed by atoms with Crippen molar-refractivity contribution in [2.24, 2.45) is 0 Å². The van der Waals surface area contributed by atoms with Crippen LogP contribution in [0.25, 0.3) is 0 Å². The maximum Gasteiger partial charge on any atom is 0.259 e. The van der Waals surface area contributed by atoms with E-state index in [2.05, 4.69) is 11.8 Å². The minimum absolute atomic E-state index is 0.0203. The quantitative estimate of drug-likeness (QED) is 0.280. The minimum Gasteiger partial charge on any atom is -0.360 e.